The van der Waals surface area contributed by atoms with E-state index in [4.69, 9.17) is 29.8 Å². The maximum atomic E-state index is 8.40. The summed E-state index contributed by atoms with van der Waals surface area (Å²) in [5.74, 6) is 2.12. The zero-order valence-electron chi connectivity index (χ0n) is 35.6. The summed E-state index contributed by atoms with van der Waals surface area (Å²) in [5.41, 5.74) is 12.3. The fourth-order valence-electron chi connectivity index (χ4n) is 7.66. The minimum atomic E-state index is -0.112. The van der Waals surface area contributed by atoms with E-state index >= 15 is 0 Å². The maximum absolute atomic E-state index is 8.40. The first-order valence-corrected chi connectivity index (χ1v) is 19.8. The second kappa shape index (κ2) is 16.6. The molecule has 0 saturated heterocycles. The van der Waals surface area contributed by atoms with Crippen LogP contribution < -0.4 is 0 Å². The molecule has 2 aromatic heterocycles. The average molecular weight is 957 g/mol. The van der Waals surface area contributed by atoms with E-state index in [1.807, 2.05) is 6.20 Å². The van der Waals surface area contributed by atoms with Crippen LogP contribution in [0.1, 0.15) is 91.5 Å². The number of benzene rings is 5. The normalized spacial score (nSPS) is 13.2. The third-order valence-electron chi connectivity index (χ3n) is 10.9. The van der Waals surface area contributed by atoms with Gasteiger partial charge in [-0.25, -0.2) is 15.0 Å². The third-order valence-corrected chi connectivity index (χ3v) is 10.9. The summed E-state index contributed by atoms with van der Waals surface area (Å²) in [6.45, 7) is 21.0. The molecule has 0 fully saturated rings. The molecule has 0 bridgehead atoms. The van der Waals surface area contributed by atoms with E-state index in [0.717, 1.165) is 38.7 Å². The molecule has 5 aromatic carbocycles. The topological polar surface area (TPSA) is 93.2 Å². The molecule has 0 atom stereocenters. The molecule has 1 aliphatic carbocycles. The second-order valence-electron chi connectivity index (χ2n) is 17.8. The van der Waals surface area contributed by atoms with E-state index < -0.39 is 0 Å². The molecule has 0 saturated carbocycles. The molecule has 2 heterocycles. The van der Waals surface area contributed by atoms with Crippen LogP contribution in [0.15, 0.2) is 127 Å². The molecule has 0 aliphatic heterocycles. The standard InChI is InChI=1S/C47H43N4.C5H8O2.Ir/c1-45(2,3)32-22-17-29(18-23-32)42-49-43(30-19-24-33(25-20-30)46(4,5)6)51-44(50-42)38-28-48-41(37-15-10-9-13-34(37)38)31-21-26-36-35-14-11-12-16-39(35)47(7,8)40(36)27-31;1-4(6)3-5(2)7;/h9-20,22-28H,1-8H3;3,6H,1-2H3;/q-1;;/p+1/b;4-3-;. The van der Waals surface area contributed by atoms with Crippen LogP contribution in [0.25, 0.3) is 67.3 Å². The SMILES string of the molecule is CC(=[OH+])/C=C(/C)O.CC(C)(C)c1ccc(-c2nc(-c3ccc(C(C)(C)C)cc3)nc(-c3cnc(-c4[c-]cc5c(c4)C(C)(C)c4ccccc4-5)c4ccccc34)n2)cc1.[Ir]. The van der Waals surface area contributed by atoms with Crippen LogP contribution in [-0.4, -0.2) is 35.6 Å². The molecule has 59 heavy (non-hydrogen) atoms. The summed E-state index contributed by atoms with van der Waals surface area (Å²) in [6, 6.07) is 42.3. The number of aliphatic hydroxyl groups excluding tert-OH is 1. The Morgan fingerprint density at radius 2 is 1.15 bits per heavy atom. The largest absolute Gasteiger partial charge is 0.512 e. The van der Waals surface area contributed by atoms with Crippen molar-refractivity contribution in [2.75, 3.05) is 0 Å². The number of rotatable bonds is 5. The Kier molecular flexibility index (Phi) is 12.1. The fraction of sp³-hybridized carbons (Fsp3) is 0.250. The molecule has 0 amide bonds. The van der Waals surface area contributed by atoms with Gasteiger partial charge in [-0.2, -0.15) is 0 Å². The molecule has 7 aromatic rings. The number of carbonyl (C=O) groups excluding carboxylic acids is 1. The Morgan fingerprint density at radius 3 is 1.66 bits per heavy atom. The molecule has 1 aliphatic rings. The molecular weight excluding hydrogens is 905 g/mol. The fourth-order valence-corrected chi connectivity index (χ4v) is 7.66. The maximum Gasteiger partial charge on any atom is 0.316 e. The van der Waals surface area contributed by atoms with Crippen LogP contribution in [0, 0.1) is 6.07 Å². The monoisotopic (exact) mass is 957 g/mol. The molecule has 7 heteroatoms. The van der Waals surface area contributed by atoms with Crippen molar-refractivity contribution >= 4 is 16.6 Å². The van der Waals surface area contributed by atoms with Crippen LogP contribution in [0.4, 0.5) is 0 Å². The predicted octanol–water partition coefficient (Wildman–Crippen LogP) is 12.8. The van der Waals surface area contributed by atoms with E-state index in [1.165, 1.54) is 53.3 Å². The number of hydrogen-bond acceptors (Lipinski definition) is 5. The first kappa shape index (κ1) is 43.0. The van der Waals surface area contributed by atoms with E-state index in [0.29, 0.717) is 17.5 Å². The molecule has 0 unspecified atom stereocenters. The second-order valence-corrected chi connectivity index (χ2v) is 17.8. The first-order chi connectivity index (χ1) is 27.4. The van der Waals surface area contributed by atoms with Gasteiger partial charge in [0.25, 0.3) is 0 Å². The van der Waals surface area contributed by atoms with Crippen molar-refractivity contribution in [1.82, 2.24) is 19.9 Å². The van der Waals surface area contributed by atoms with Crippen molar-refractivity contribution < 1.29 is 30.0 Å². The van der Waals surface area contributed by atoms with Crippen molar-refractivity contribution in [2.45, 2.75) is 85.5 Å². The summed E-state index contributed by atoms with van der Waals surface area (Å²) in [7, 11) is 0. The van der Waals surface area contributed by atoms with Crippen LogP contribution in [0.3, 0.4) is 0 Å². The third kappa shape index (κ3) is 8.88. The minimum absolute atomic E-state index is 0. The smallest absolute Gasteiger partial charge is 0.316 e. The van der Waals surface area contributed by atoms with Crippen molar-refractivity contribution in [3.8, 4) is 56.5 Å². The molecule has 6 nitrogen and oxygen atoms in total. The van der Waals surface area contributed by atoms with Gasteiger partial charge in [0.05, 0.1) is 18.8 Å². The Hall–Kier alpha value is -5.62. The van der Waals surface area contributed by atoms with Crippen molar-refractivity contribution in [3.63, 3.8) is 0 Å². The Balaban J connectivity index is 0.000000673. The molecular formula is C52H52IrN4O2. The van der Waals surface area contributed by atoms with Gasteiger partial charge in [0.15, 0.2) is 17.5 Å². The van der Waals surface area contributed by atoms with Gasteiger partial charge in [-0.1, -0.05) is 164 Å². The van der Waals surface area contributed by atoms with Crippen LogP contribution in [0.5, 0.6) is 0 Å². The number of nitrogens with zero attached hydrogens (tertiary/aromatic N) is 4. The molecule has 301 valence electrons. The molecule has 8 rings (SSSR count). The van der Waals surface area contributed by atoms with Crippen LogP contribution in [-0.2, 0) is 36.4 Å². The Morgan fingerprint density at radius 1 is 0.644 bits per heavy atom. The van der Waals surface area contributed by atoms with Crippen molar-refractivity contribution in [1.29, 1.82) is 0 Å². The van der Waals surface area contributed by atoms with Gasteiger partial charge in [-0.3, -0.25) is 4.79 Å². The van der Waals surface area contributed by atoms with Gasteiger partial charge in [0, 0.05) is 43.0 Å². The number of fused-ring (bicyclic) bond motifs is 4. The van der Waals surface area contributed by atoms with Gasteiger partial charge in [-0.15, -0.1) is 29.3 Å². The van der Waals surface area contributed by atoms with Gasteiger partial charge < -0.3 is 10.1 Å². The summed E-state index contributed by atoms with van der Waals surface area (Å²) in [4.78, 5) is 28.8. The van der Waals surface area contributed by atoms with Crippen LogP contribution in [0.2, 0.25) is 0 Å². The Labute approximate surface area is 362 Å². The van der Waals surface area contributed by atoms with E-state index in [9.17, 15) is 0 Å². The van der Waals surface area contributed by atoms with E-state index in [1.54, 1.807) is 0 Å². The molecule has 2 N–H and O–H groups in total. The minimum Gasteiger partial charge on any atom is -0.512 e. The van der Waals surface area contributed by atoms with Crippen molar-refractivity contribution in [2.24, 2.45) is 0 Å². The number of allylic oxidation sites excluding steroid dienone is 2. The zero-order chi connectivity index (χ0) is 41.6. The number of aliphatic hydroxyl groups is 1. The molecule has 1 radical (unpaired) electrons. The van der Waals surface area contributed by atoms with Crippen molar-refractivity contribution in [3.05, 3.63) is 156 Å². The van der Waals surface area contributed by atoms with E-state index in [-0.39, 0.29) is 47.9 Å². The summed E-state index contributed by atoms with van der Waals surface area (Å²) in [6.07, 6.45) is 3.20. The van der Waals surface area contributed by atoms with Gasteiger partial charge in [0.1, 0.15) is 0 Å². The summed E-state index contributed by atoms with van der Waals surface area (Å²) in [5, 5.41) is 10.5. The zero-order valence-corrected chi connectivity index (χ0v) is 38.0. The number of ketones is 1. The summed E-state index contributed by atoms with van der Waals surface area (Å²) < 4.78 is 0. The van der Waals surface area contributed by atoms with Crippen LogP contribution >= 0.6 is 0 Å². The van der Waals surface area contributed by atoms with E-state index in [2.05, 4.69) is 171 Å². The first-order valence-electron chi connectivity index (χ1n) is 19.8. The van der Waals surface area contributed by atoms with Gasteiger partial charge >= 0.3 is 5.78 Å². The number of hydrogen-bond donors (Lipinski definition) is 1. The Bertz CT molecular complexity index is 2620. The quantitative estimate of drug-likeness (QED) is 0.0803. The number of pyridine rings is 1. The van der Waals surface area contributed by atoms with Gasteiger partial charge in [0.2, 0.25) is 0 Å². The number of aromatic nitrogens is 4. The molecule has 0 spiro atoms. The predicted molar refractivity (Wildman–Crippen MR) is 240 cm³/mol. The average Bonchev–Trinajstić information content (AvgIpc) is 3.42. The summed E-state index contributed by atoms with van der Waals surface area (Å²) >= 11 is 0. The van der Waals surface area contributed by atoms with Gasteiger partial charge in [-0.05, 0) is 56.3 Å².